The molecule has 1 aromatic rings. The van der Waals surface area contributed by atoms with Gasteiger partial charge in [0.2, 0.25) is 10.0 Å². The first-order valence-electron chi connectivity index (χ1n) is 11.5. The first-order valence-corrected chi connectivity index (χ1v) is 13.4. The number of aliphatic hydroxyl groups is 1. The number of fused-ring (bicyclic) bond motifs is 1. The number of rotatable bonds is 6. The predicted molar refractivity (Wildman–Crippen MR) is 122 cm³/mol. The molecule has 1 aromatic carbocycles. The SMILES string of the molecule is CC1=CC=C2CCC(NS(C)(=O)=O)C(COC3CCC(c4c(F)cccc4F)CC3)N2C1O. The average Bonchev–Trinajstić information content (AvgIpc) is 2.75. The zero-order valence-electron chi connectivity index (χ0n) is 19.0. The molecule has 9 heteroatoms. The summed E-state index contributed by atoms with van der Waals surface area (Å²) in [6, 6.07) is 3.22. The van der Waals surface area contributed by atoms with Crippen molar-refractivity contribution in [2.75, 3.05) is 12.9 Å². The minimum absolute atomic E-state index is 0.0807. The fraction of sp³-hybridized carbons (Fsp3) is 0.583. The molecule has 182 valence electrons. The second kappa shape index (κ2) is 9.82. The van der Waals surface area contributed by atoms with Crippen LogP contribution in [0.2, 0.25) is 0 Å². The van der Waals surface area contributed by atoms with Crippen molar-refractivity contribution in [2.24, 2.45) is 0 Å². The molecule has 3 atom stereocenters. The van der Waals surface area contributed by atoms with E-state index < -0.39 is 27.9 Å². The molecule has 1 saturated heterocycles. The van der Waals surface area contributed by atoms with Crippen LogP contribution in [0.15, 0.2) is 41.6 Å². The Morgan fingerprint density at radius 2 is 1.79 bits per heavy atom. The first-order chi connectivity index (χ1) is 15.6. The molecule has 2 aliphatic heterocycles. The van der Waals surface area contributed by atoms with Crippen LogP contribution in [0.3, 0.4) is 0 Å². The van der Waals surface area contributed by atoms with Gasteiger partial charge in [0.25, 0.3) is 0 Å². The van der Waals surface area contributed by atoms with E-state index in [-0.39, 0.29) is 36.3 Å². The van der Waals surface area contributed by atoms with E-state index in [1.165, 1.54) is 18.2 Å². The Labute approximate surface area is 194 Å². The van der Waals surface area contributed by atoms with Crippen LogP contribution in [-0.2, 0) is 14.8 Å². The highest BCUT2D eigenvalue weighted by molar-refractivity contribution is 7.88. The number of nitrogens with one attached hydrogen (secondary N) is 1. The van der Waals surface area contributed by atoms with Gasteiger partial charge in [0, 0.05) is 17.3 Å². The predicted octanol–water partition coefficient (Wildman–Crippen LogP) is 3.55. The zero-order chi connectivity index (χ0) is 23.8. The van der Waals surface area contributed by atoms with Crippen molar-refractivity contribution in [3.63, 3.8) is 0 Å². The molecule has 2 heterocycles. The number of hydrogen-bond donors (Lipinski definition) is 2. The summed E-state index contributed by atoms with van der Waals surface area (Å²) in [5.74, 6) is -1.18. The minimum Gasteiger partial charge on any atom is -0.376 e. The number of piperidine rings is 1. The molecule has 3 aliphatic rings. The van der Waals surface area contributed by atoms with Crippen molar-refractivity contribution in [2.45, 2.75) is 75.8 Å². The summed E-state index contributed by atoms with van der Waals surface area (Å²) in [7, 11) is -3.43. The first kappa shape index (κ1) is 24.3. The van der Waals surface area contributed by atoms with E-state index in [0.717, 1.165) is 17.5 Å². The van der Waals surface area contributed by atoms with Gasteiger partial charge in [0.05, 0.1) is 25.0 Å². The maximum absolute atomic E-state index is 14.2. The molecule has 4 rings (SSSR count). The summed E-state index contributed by atoms with van der Waals surface area (Å²) in [6.07, 6.45) is 7.93. The third-order valence-corrected chi connectivity index (χ3v) is 7.76. The smallest absolute Gasteiger partial charge is 0.209 e. The Balaban J connectivity index is 1.43. The molecular formula is C24H32F2N2O4S. The van der Waals surface area contributed by atoms with Crippen molar-refractivity contribution in [1.82, 2.24) is 9.62 Å². The molecule has 2 fully saturated rings. The van der Waals surface area contributed by atoms with Gasteiger partial charge in [-0.15, -0.1) is 0 Å². The van der Waals surface area contributed by atoms with E-state index >= 15 is 0 Å². The lowest BCUT2D eigenvalue weighted by Crippen LogP contribution is -2.59. The molecule has 1 saturated carbocycles. The molecular weight excluding hydrogens is 450 g/mol. The van der Waals surface area contributed by atoms with Crippen molar-refractivity contribution in [3.05, 3.63) is 58.8 Å². The lowest BCUT2D eigenvalue weighted by molar-refractivity contribution is -0.0591. The van der Waals surface area contributed by atoms with Gasteiger partial charge in [-0.1, -0.05) is 12.1 Å². The lowest BCUT2D eigenvalue weighted by atomic mass is 9.82. The normalized spacial score (nSPS) is 30.5. The molecule has 0 bridgehead atoms. The van der Waals surface area contributed by atoms with Gasteiger partial charge >= 0.3 is 0 Å². The lowest BCUT2D eigenvalue weighted by Gasteiger charge is -2.48. The second-order valence-electron chi connectivity index (χ2n) is 9.39. The van der Waals surface area contributed by atoms with Crippen LogP contribution in [0.4, 0.5) is 8.78 Å². The van der Waals surface area contributed by atoms with Crippen LogP contribution >= 0.6 is 0 Å². The summed E-state index contributed by atoms with van der Waals surface area (Å²) in [5.41, 5.74) is 1.91. The average molecular weight is 483 g/mol. The van der Waals surface area contributed by atoms with Gasteiger partial charge in [-0.2, -0.15) is 0 Å². The van der Waals surface area contributed by atoms with Crippen LogP contribution < -0.4 is 4.72 Å². The van der Waals surface area contributed by atoms with Crippen LogP contribution in [0.5, 0.6) is 0 Å². The molecule has 3 unspecified atom stereocenters. The Morgan fingerprint density at radius 1 is 1.12 bits per heavy atom. The Morgan fingerprint density at radius 3 is 2.42 bits per heavy atom. The zero-order valence-corrected chi connectivity index (χ0v) is 19.8. The molecule has 0 spiro atoms. The highest BCUT2D eigenvalue weighted by Crippen LogP contribution is 2.38. The third kappa shape index (κ3) is 5.48. The van der Waals surface area contributed by atoms with Gasteiger partial charge in [-0.25, -0.2) is 21.9 Å². The van der Waals surface area contributed by atoms with E-state index in [0.29, 0.717) is 38.5 Å². The summed E-state index contributed by atoms with van der Waals surface area (Å²) in [5, 5.41) is 10.8. The van der Waals surface area contributed by atoms with Crippen molar-refractivity contribution < 1.29 is 27.0 Å². The van der Waals surface area contributed by atoms with E-state index in [4.69, 9.17) is 4.74 Å². The van der Waals surface area contributed by atoms with Crippen LogP contribution in [0, 0.1) is 11.6 Å². The Kier molecular flexibility index (Phi) is 7.23. The Bertz CT molecular complexity index is 1010. The van der Waals surface area contributed by atoms with Crippen LogP contribution in [0.1, 0.15) is 56.9 Å². The Hall–Kier alpha value is -1.81. The van der Waals surface area contributed by atoms with Crippen LogP contribution in [0.25, 0.3) is 0 Å². The number of benzene rings is 1. The highest BCUT2D eigenvalue weighted by Gasteiger charge is 2.40. The van der Waals surface area contributed by atoms with Crippen LogP contribution in [-0.4, -0.2) is 55.7 Å². The van der Waals surface area contributed by atoms with Gasteiger partial charge in [0.1, 0.15) is 17.9 Å². The van der Waals surface area contributed by atoms with Gasteiger partial charge in [0.15, 0.2) is 0 Å². The fourth-order valence-electron chi connectivity index (χ4n) is 5.34. The minimum atomic E-state index is -3.43. The third-order valence-electron chi connectivity index (χ3n) is 7.02. The van der Waals surface area contributed by atoms with Gasteiger partial charge in [-0.05, 0) is 75.1 Å². The fourth-order valence-corrected chi connectivity index (χ4v) is 6.16. The summed E-state index contributed by atoms with van der Waals surface area (Å²) in [6.45, 7) is 2.09. The maximum atomic E-state index is 14.2. The summed E-state index contributed by atoms with van der Waals surface area (Å²) >= 11 is 0. The monoisotopic (exact) mass is 482 g/mol. The highest BCUT2D eigenvalue weighted by atomic mass is 32.2. The summed E-state index contributed by atoms with van der Waals surface area (Å²) < 4.78 is 61.2. The molecule has 6 nitrogen and oxygen atoms in total. The molecule has 0 aromatic heterocycles. The van der Waals surface area contributed by atoms with Gasteiger partial charge in [-0.3, -0.25) is 0 Å². The van der Waals surface area contributed by atoms with E-state index in [2.05, 4.69) is 4.72 Å². The number of ether oxygens (including phenoxy) is 1. The number of hydrogen-bond acceptors (Lipinski definition) is 5. The molecule has 0 amide bonds. The summed E-state index contributed by atoms with van der Waals surface area (Å²) in [4.78, 5) is 1.86. The number of nitrogens with zero attached hydrogens (tertiary/aromatic N) is 1. The van der Waals surface area contributed by atoms with E-state index in [1.54, 1.807) is 0 Å². The molecule has 0 radical (unpaired) electrons. The molecule has 33 heavy (non-hydrogen) atoms. The number of sulfonamides is 1. The molecule has 1 aliphatic carbocycles. The van der Waals surface area contributed by atoms with E-state index in [9.17, 15) is 22.3 Å². The van der Waals surface area contributed by atoms with Crippen molar-refractivity contribution in [3.8, 4) is 0 Å². The number of allylic oxidation sites excluding steroid dienone is 3. The van der Waals surface area contributed by atoms with E-state index in [1.807, 2.05) is 24.0 Å². The van der Waals surface area contributed by atoms with Crippen molar-refractivity contribution >= 4 is 10.0 Å². The topological polar surface area (TPSA) is 78.9 Å². The quantitative estimate of drug-likeness (QED) is 0.648. The maximum Gasteiger partial charge on any atom is 0.209 e. The largest absolute Gasteiger partial charge is 0.376 e. The number of aliphatic hydroxyl groups excluding tert-OH is 1. The van der Waals surface area contributed by atoms with Crippen molar-refractivity contribution in [1.29, 1.82) is 0 Å². The molecule has 2 N–H and O–H groups in total. The second-order valence-corrected chi connectivity index (χ2v) is 11.2. The standard InChI is InChI=1S/C24H32F2N2O4S/c1-15-6-9-17-10-13-21(27-33(2,30)31)22(28(17)24(15)29)14-32-18-11-7-16(8-12-18)23-19(25)4-3-5-20(23)26/h3-6,9,16,18,21-22,24,27,29H,7-8,10-14H2,1-2H3. The number of halogens is 2. The van der Waals surface area contributed by atoms with Gasteiger partial charge < -0.3 is 14.7 Å².